The summed E-state index contributed by atoms with van der Waals surface area (Å²) in [6.07, 6.45) is 0. The van der Waals surface area contributed by atoms with E-state index in [2.05, 4.69) is 91.9 Å². The van der Waals surface area contributed by atoms with Gasteiger partial charge in [0, 0.05) is 14.7 Å². The van der Waals surface area contributed by atoms with Crippen molar-refractivity contribution in [2.75, 3.05) is 0 Å². The summed E-state index contributed by atoms with van der Waals surface area (Å²) in [4.78, 5) is 3.81. The molecule has 3 rings (SSSR count). The second-order valence-electron chi connectivity index (χ2n) is 5.02. The van der Waals surface area contributed by atoms with Crippen molar-refractivity contribution in [1.82, 2.24) is 0 Å². The molecule has 0 N–H and O–H groups in total. The summed E-state index contributed by atoms with van der Waals surface area (Å²) in [6.45, 7) is 2.12. The maximum absolute atomic E-state index is 5.20. The monoisotopic (exact) mass is 310 g/mol. The molecular formula is C19H18S2. The summed E-state index contributed by atoms with van der Waals surface area (Å²) < 4.78 is 0. The molecule has 3 aromatic rings. The fraction of sp³-hybridized carbons (Fsp3) is 0.0526. The van der Waals surface area contributed by atoms with Gasteiger partial charge in [0.15, 0.2) is 0 Å². The standard InChI is InChI=1S/C19H18S2/c1-16-12-14-19(15-13-16)21(20,17-8-4-2-5-9-17)18-10-6-3-7-11-18/h2-15,20H,1H3. The molecule has 0 nitrogen and oxygen atoms in total. The number of aryl methyl sites for hydroxylation is 1. The molecule has 0 unspecified atom stereocenters. The van der Waals surface area contributed by atoms with Crippen molar-refractivity contribution in [3.63, 3.8) is 0 Å². The predicted molar refractivity (Wildman–Crippen MR) is 95.4 cm³/mol. The Morgan fingerprint density at radius 3 is 1.38 bits per heavy atom. The van der Waals surface area contributed by atoms with Gasteiger partial charge in [0.25, 0.3) is 0 Å². The Labute approximate surface area is 133 Å². The van der Waals surface area contributed by atoms with Crippen molar-refractivity contribution in [2.45, 2.75) is 21.6 Å². The Bertz CT molecular complexity index is 664. The van der Waals surface area contributed by atoms with E-state index in [0.29, 0.717) is 0 Å². The van der Waals surface area contributed by atoms with Gasteiger partial charge in [-0.2, -0.15) is 0 Å². The molecule has 0 spiro atoms. The van der Waals surface area contributed by atoms with Crippen LogP contribution in [0.3, 0.4) is 0 Å². The molecule has 2 heteroatoms. The SMILES string of the molecule is Cc1ccc(S(S)(c2ccccc2)c2ccccc2)cc1. The molecule has 0 saturated heterocycles. The fourth-order valence-electron chi connectivity index (χ4n) is 2.38. The van der Waals surface area contributed by atoms with Crippen LogP contribution in [0.4, 0.5) is 0 Å². The highest BCUT2D eigenvalue weighted by Gasteiger charge is 2.26. The molecular weight excluding hydrogens is 292 g/mol. The Morgan fingerprint density at radius 2 is 0.952 bits per heavy atom. The fourth-order valence-corrected chi connectivity index (χ4v) is 5.92. The van der Waals surface area contributed by atoms with Crippen LogP contribution in [0.1, 0.15) is 5.56 Å². The zero-order valence-electron chi connectivity index (χ0n) is 11.9. The smallest absolute Gasteiger partial charge is 0.00709 e. The molecule has 0 saturated carbocycles. The number of benzene rings is 3. The first-order valence-corrected chi connectivity index (χ1v) is 9.62. The molecule has 0 aliphatic rings. The van der Waals surface area contributed by atoms with Crippen LogP contribution in [-0.2, 0) is 0 Å². The lowest BCUT2D eigenvalue weighted by Crippen LogP contribution is -1.96. The first kappa shape index (κ1) is 14.3. The van der Waals surface area contributed by atoms with Gasteiger partial charge < -0.3 is 0 Å². The highest BCUT2D eigenvalue weighted by molar-refractivity contribution is 8.88. The van der Waals surface area contributed by atoms with Crippen LogP contribution >= 0.6 is 20.7 Å². The van der Waals surface area contributed by atoms with E-state index in [1.807, 2.05) is 0 Å². The molecule has 0 amide bonds. The zero-order chi connectivity index (χ0) is 14.7. The second kappa shape index (κ2) is 6.00. The molecule has 0 heterocycles. The summed E-state index contributed by atoms with van der Waals surface area (Å²) in [5, 5.41) is 0. The van der Waals surface area contributed by atoms with Crippen LogP contribution < -0.4 is 0 Å². The van der Waals surface area contributed by atoms with Gasteiger partial charge in [0.05, 0.1) is 0 Å². The normalized spacial score (nSPS) is 12.1. The zero-order valence-corrected chi connectivity index (χ0v) is 13.6. The van der Waals surface area contributed by atoms with Crippen molar-refractivity contribution < 1.29 is 0 Å². The molecule has 0 atom stereocenters. The van der Waals surface area contributed by atoms with E-state index in [1.54, 1.807) is 0 Å². The predicted octanol–water partition coefficient (Wildman–Crippen LogP) is 6.12. The Balaban J connectivity index is 2.23. The van der Waals surface area contributed by atoms with E-state index >= 15 is 0 Å². The largest absolute Gasteiger partial charge is 0.118 e. The molecule has 0 aliphatic heterocycles. The van der Waals surface area contributed by atoms with Gasteiger partial charge in [-0.25, -0.2) is 0 Å². The molecule has 0 bridgehead atoms. The number of rotatable bonds is 3. The van der Waals surface area contributed by atoms with Crippen molar-refractivity contribution in [2.24, 2.45) is 0 Å². The van der Waals surface area contributed by atoms with E-state index in [-0.39, 0.29) is 0 Å². The topological polar surface area (TPSA) is 0 Å². The maximum atomic E-state index is 5.20. The lowest BCUT2D eigenvalue weighted by atomic mass is 10.2. The maximum Gasteiger partial charge on any atom is 0.00709 e. The highest BCUT2D eigenvalue weighted by Crippen LogP contribution is 2.71. The van der Waals surface area contributed by atoms with Crippen LogP contribution in [0.25, 0.3) is 0 Å². The summed E-state index contributed by atoms with van der Waals surface area (Å²) >= 11 is 5.20. The van der Waals surface area contributed by atoms with Crippen LogP contribution in [0, 0.1) is 6.92 Å². The van der Waals surface area contributed by atoms with Crippen LogP contribution in [0.15, 0.2) is 99.6 Å². The third-order valence-corrected chi connectivity index (χ3v) is 8.29. The minimum atomic E-state index is -1.50. The van der Waals surface area contributed by atoms with E-state index in [1.165, 1.54) is 20.2 Å². The number of hydrogen-bond acceptors (Lipinski definition) is 1. The Hall–Kier alpha value is -1.64. The quantitative estimate of drug-likeness (QED) is 0.437. The molecule has 0 radical (unpaired) electrons. The van der Waals surface area contributed by atoms with Crippen molar-refractivity contribution >= 4 is 20.7 Å². The summed E-state index contributed by atoms with van der Waals surface area (Å²) in [5.74, 6) is 0. The second-order valence-corrected chi connectivity index (χ2v) is 9.24. The summed E-state index contributed by atoms with van der Waals surface area (Å²) in [7, 11) is -1.50. The summed E-state index contributed by atoms with van der Waals surface area (Å²) in [6, 6.07) is 29.9. The van der Waals surface area contributed by atoms with E-state index in [4.69, 9.17) is 11.7 Å². The lowest BCUT2D eigenvalue weighted by molar-refractivity contribution is 1.30. The Kier molecular flexibility index (Phi) is 4.09. The van der Waals surface area contributed by atoms with E-state index in [0.717, 1.165) is 0 Å². The van der Waals surface area contributed by atoms with Gasteiger partial charge >= 0.3 is 0 Å². The minimum Gasteiger partial charge on any atom is -0.118 e. The van der Waals surface area contributed by atoms with Crippen LogP contribution in [0.2, 0.25) is 0 Å². The third-order valence-electron chi connectivity index (χ3n) is 3.53. The molecule has 106 valence electrons. The van der Waals surface area contributed by atoms with Gasteiger partial charge in [-0.15, -0.1) is 20.7 Å². The van der Waals surface area contributed by atoms with Gasteiger partial charge in [-0.1, -0.05) is 54.1 Å². The number of hydrogen-bond donors (Lipinski definition) is 1. The van der Waals surface area contributed by atoms with Gasteiger partial charge in [-0.05, 0) is 43.3 Å². The highest BCUT2D eigenvalue weighted by atomic mass is 33.1. The number of thiol groups is 1. The average molecular weight is 310 g/mol. The summed E-state index contributed by atoms with van der Waals surface area (Å²) in [5.41, 5.74) is 1.27. The first-order valence-electron chi connectivity index (χ1n) is 6.94. The molecule has 0 aliphatic carbocycles. The molecule has 0 fully saturated rings. The van der Waals surface area contributed by atoms with E-state index in [9.17, 15) is 0 Å². The minimum absolute atomic E-state index is 1.27. The molecule has 21 heavy (non-hydrogen) atoms. The van der Waals surface area contributed by atoms with Crippen molar-refractivity contribution in [3.05, 3.63) is 90.5 Å². The van der Waals surface area contributed by atoms with E-state index < -0.39 is 9.06 Å². The first-order chi connectivity index (χ1) is 10.2. The molecule has 3 aromatic carbocycles. The Morgan fingerprint density at radius 1 is 0.571 bits per heavy atom. The van der Waals surface area contributed by atoms with Gasteiger partial charge in [0.1, 0.15) is 0 Å². The lowest BCUT2D eigenvalue weighted by Gasteiger charge is -2.36. The van der Waals surface area contributed by atoms with Gasteiger partial charge in [-0.3, -0.25) is 0 Å². The average Bonchev–Trinajstić information content (AvgIpc) is 2.56. The van der Waals surface area contributed by atoms with Crippen LogP contribution in [-0.4, -0.2) is 0 Å². The van der Waals surface area contributed by atoms with Crippen LogP contribution in [0.5, 0.6) is 0 Å². The third kappa shape index (κ3) is 2.74. The van der Waals surface area contributed by atoms with Crippen molar-refractivity contribution in [3.8, 4) is 0 Å². The molecule has 0 aromatic heterocycles. The van der Waals surface area contributed by atoms with Gasteiger partial charge in [0.2, 0.25) is 0 Å². The van der Waals surface area contributed by atoms with Crippen molar-refractivity contribution in [1.29, 1.82) is 0 Å².